The SMILES string of the molecule is CN(Cc1ccc2ccccc2c1)C(=O)N(C)CC1Cc2ccccc2CN1. The molecule has 144 valence electrons. The van der Waals surface area contributed by atoms with Crippen LogP contribution in [0.15, 0.2) is 66.7 Å². The maximum absolute atomic E-state index is 12.9. The molecule has 1 N–H and O–H groups in total. The third-order valence-corrected chi connectivity index (χ3v) is 5.55. The van der Waals surface area contributed by atoms with Gasteiger partial charge in [-0.3, -0.25) is 0 Å². The average molecular weight is 374 g/mol. The van der Waals surface area contributed by atoms with Crippen molar-refractivity contribution >= 4 is 16.8 Å². The normalized spacial score (nSPS) is 15.9. The summed E-state index contributed by atoms with van der Waals surface area (Å²) in [5.41, 5.74) is 3.89. The van der Waals surface area contributed by atoms with Gasteiger partial charge in [0.05, 0.1) is 0 Å². The number of rotatable bonds is 4. The fourth-order valence-corrected chi connectivity index (χ4v) is 4.03. The van der Waals surface area contributed by atoms with Crippen molar-refractivity contribution in [3.05, 3.63) is 83.4 Å². The zero-order chi connectivity index (χ0) is 19.5. The molecule has 0 aromatic heterocycles. The maximum Gasteiger partial charge on any atom is 0.319 e. The first kappa shape index (κ1) is 18.5. The van der Waals surface area contributed by atoms with Crippen molar-refractivity contribution in [2.24, 2.45) is 0 Å². The van der Waals surface area contributed by atoms with Crippen LogP contribution in [-0.4, -0.2) is 42.5 Å². The highest BCUT2D eigenvalue weighted by Crippen LogP contribution is 2.18. The van der Waals surface area contributed by atoms with Crippen molar-refractivity contribution < 1.29 is 4.79 Å². The third kappa shape index (κ3) is 4.02. The lowest BCUT2D eigenvalue weighted by Crippen LogP contribution is -2.48. The first-order valence-corrected chi connectivity index (χ1v) is 9.84. The van der Waals surface area contributed by atoms with Gasteiger partial charge in [0.15, 0.2) is 0 Å². The summed E-state index contributed by atoms with van der Waals surface area (Å²) in [6, 6.07) is 23.6. The Morgan fingerprint density at radius 3 is 2.46 bits per heavy atom. The summed E-state index contributed by atoms with van der Waals surface area (Å²) in [6.45, 7) is 2.18. The number of carbonyl (C=O) groups is 1. The first-order valence-electron chi connectivity index (χ1n) is 9.84. The summed E-state index contributed by atoms with van der Waals surface area (Å²) in [7, 11) is 3.76. The smallest absolute Gasteiger partial charge is 0.319 e. The number of amides is 2. The van der Waals surface area contributed by atoms with Crippen LogP contribution in [0.4, 0.5) is 4.79 Å². The third-order valence-electron chi connectivity index (χ3n) is 5.55. The number of nitrogens with zero attached hydrogens (tertiary/aromatic N) is 2. The molecule has 2 amide bonds. The quantitative estimate of drug-likeness (QED) is 0.749. The van der Waals surface area contributed by atoms with Crippen molar-refractivity contribution in [3.63, 3.8) is 0 Å². The molecule has 0 radical (unpaired) electrons. The average Bonchev–Trinajstić information content (AvgIpc) is 2.73. The van der Waals surface area contributed by atoms with E-state index in [0.29, 0.717) is 13.1 Å². The minimum Gasteiger partial charge on any atom is -0.326 e. The fraction of sp³-hybridized carbons (Fsp3) is 0.292. The van der Waals surface area contributed by atoms with Crippen LogP contribution >= 0.6 is 0 Å². The van der Waals surface area contributed by atoms with E-state index in [1.54, 1.807) is 4.90 Å². The zero-order valence-electron chi connectivity index (χ0n) is 16.6. The van der Waals surface area contributed by atoms with Crippen molar-refractivity contribution in [1.82, 2.24) is 15.1 Å². The van der Waals surface area contributed by atoms with Crippen LogP contribution in [0, 0.1) is 0 Å². The molecular weight excluding hydrogens is 346 g/mol. The van der Waals surface area contributed by atoms with Gasteiger partial charge in [0.2, 0.25) is 0 Å². The number of benzene rings is 3. The van der Waals surface area contributed by atoms with Crippen molar-refractivity contribution in [2.45, 2.75) is 25.6 Å². The molecule has 0 aliphatic carbocycles. The lowest BCUT2D eigenvalue weighted by molar-refractivity contribution is 0.165. The molecule has 3 aromatic rings. The van der Waals surface area contributed by atoms with Crippen molar-refractivity contribution in [2.75, 3.05) is 20.6 Å². The Morgan fingerprint density at radius 2 is 1.64 bits per heavy atom. The Labute approximate surface area is 166 Å². The molecule has 3 aromatic carbocycles. The molecule has 0 saturated carbocycles. The summed E-state index contributed by atoms with van der Waals surface area (Å²) in [5.74, 6) is 0. The van der Waals surface area contributed by atoms with E-state index in [9.17, 15) is 4.79 Å². The Balaban J connectivity index is 1.36. The Morgan fingerprint density at radius 1 is 0.929 bits per heavy atom. The second kappa shape index (κ2) is 8.03. The summed E-state index contributed by atoms with van der Waals surface area (Å²) in [4.78, 5) is 16.5. The summed E-state index contributed by atoms with van der Waals surface area (Å²) in [6.07, 6.45) is 0.960. The molecule has 28 heavy (non-hydrogen) atoms. The second-order valence-electron chi connectivity index (χ2n) is 7.75. The van der Waals surface area contributed by atoms with Gasteiger partial charge < -0.3 is 15.1 Å². The van der Waals surface area contributed by atoms with Gasteiger partial charge in [-0.2, -0.15) is 0 Å². The summed E-state index contributed by atoms with van der Waals surface area (Å²) in [5, 5.41) is 5.99. The van der Waals surface area contributed by atoms with Gasteiger partial charge in [0.25, 0.3) is 0 Å². The highest BCUT2D eigenvalue weighted by atomic mass is 16.2. The van der Waals surface area contributed by atoms with Gasteiger partial charge in [-0.15, -0.1) is 0 Å². The molecule has 4 nitrogen and oxygen atoms in total. The number of nitrogens with one attached hydrogen (secondary N) is 1. The van der Waals surface area contributed by atoms with E-state index in [2.05, 4.69) is 59.9 Å². The predicted octanol–water partition coefficient (Wildman–Crippen LogP) is 4.04. The monoisotopic (exact) mass is 373 g/mol. The molecule has 1 aliphatic rings. The lowest BCUT2D eigenvalue weighted by atomic mass is 9.96. The molecule has 0 bridgehead atoms. The van der Waals surface area contributed by atoms with E-state index in [0.717, 1.165) is 18.5 Å². The van der Waals surface area contributed by atoms with Crippen LogP contribution in [0.5, 0.6) is 0 Å². The molecule has 1 heterocycles. The minimum absolute atomic E-state index is 0.0498. The van der Waals surface area contributed by atoms with Crippen LogP contribution in [0.25, 0.3) is 10.8 Å². The molecular formula is C24H27N3O. The molecule has 0 fully saturated rings. The topological polar surface area (TPSA) is 35.6 Å². The standard InChI is InChI=1S/C24H27N3O/c1-26(16-18-11-12-19-7-3-4-8-20(19)13-18)24(28)27(2)17-23-14-21-9-5-6-10-22(21)15-25-23/h3-13,23,25H,14-17H2,1-2H3. The molecule has 1 atom stereocenters. The van der Waals surface area contributed by atoms with Gasteiger partial charge in [0, 0.05) is 39.8 Å². The highest BCUT2D eigenvalue weighted by Gasteiger charge is 2.22. The Hall–Kier alpha value is -2.85. The largest absolute Gasteiger partial charge is 0.326 e. The van der Waals surface area contributed by atoms with Gasteiger partial charge in [0.1, 0.15) is 0 Å². The maximum atomic E-state index is 12.9. The van der Waals surface area contributed by atoms with E-state index in [-0.39, 0.29) is 12.1 Å². The zero-order valence-corrected chi connectivity index (χ0v) is 16.6. The van der Waals surface area contributed by atoms with E-state index >= 15 is 0 Å². The number of carbonyl (C=O) groups excluding carboxylic acids is 1. The van der Waals surface area contributed by atoms with Crippen molar-refractivity contribution in [1.29, 1.82) is 0 Å². The van der Waals surface area contributed by atoms with E-state index in [4.69, 9.17) is 0 Å². The van der Waals surface area contributed by atoms with Crippen LogP contribution in [0.3, 0.4) is 0 Å². The Kier molecular flexibility index (Phi) is 5.31. The number of likely N-dealkylation sites (N-methyl/N-ethyl adjacent to an activating group) is 1. The van der Waals surface area contributed by atoms with E-state index in [1.807, 2.05) is 31.1 Å². The number of hydrogen-bond donors (Lipinski definition) is 1. The van der Waals surface area contributed by atoms with Crippen LogP contribution in [0.2, 0.25) is 0 Å². The summed E-state index contributed by atoms with van der Waals surface area (Å²) >= 11 is 0. The van der Waals surface area contributed by atoms with Gasteiger partial charge >= 0.3 is 6.03 Å². The molecule has 1 aliphatic heterocycles. The predicted molar refractivity (Wildman–Crippen MR) is 114 cm³/mol. The molecule has 4 heteroatoms. The van der Waals surface area contributed by atoms with Gasteiger partial charge in [-0.25, -0.2) is 4.79 Å². The first-order chi connectivity index (χ1) is 13.6. The van der Waals surface area contributed by atoms with Crippen LogP contribution in [-0.2, 0) is 19.5 Å². The second-order valence-corrected chi connectivity index (χ2v) is 7.75. The fourth-order valence-electron chi connectivity index (χ4n) is 4.03. The van der Waals surface area contributed by atoms with Gasteiger partial charge in [-0.05, 0) is 39.9 Å². The molecule has 4 rings (SSSR count). The van der Waals surface area contributed by atoms with Gasteiger partial charge in [-0.1, -0.05) is 60.7 Å². The highest BCUT2D eigenvalue weighted by molar-refractivity contribution is 5.83. The molecule has 0 saturated heterocycles. The number of fused-ring (bicyclic) bond motifs is 2. The lowest BCUT2D eigenvalue weighted by Gasteiger charge is -2.32. The van der Waals surface area contributed by atoms with Crippen LogP contribution < -0.4 is 5.32 Å². The molecule has 0 spiro atoms. The number of urea groups is 1. The van der Waals surface area contributed by atoms with Crippen molar-refractivity contribution in [3.8, 4) is 0 Å². The number of hydrogen-bond acceptors (Lipinski definition) is 2. The Bertz CT molecular complexity index is 984. The molecule has 1 unspecified atom stereocenters. The van der Waals surface area contributed by atoms with E-state index in [1.165, 1.54) is 21.9 Å². The van der Waals surface area contributed by atoms with Crippen LogP contribution in [0.1, 0.15) is 16.7 Å². The summed E-state index contributed by atoms with van der Waals surface area (Å²) < 4.78 is 0. The minimum atomic E-state index is 0.0498. The van der Waals surface area contributed by atoms with E-state index < -0.39 is 0 Å².